The number of carbonyl (C=O) groups excluding carboxylic acids is 3. The summed E-state index contributed by atoms with van der Waals surface area (Å²) in [5, 5.41) is 11.8. The Balaban J connectivity index is 1.59. The van der Waals surface area contributed by atoms with Crippen molar-refractivity contribution in [3.63, 3.8) is 0 Å². The Labute approximate surface area is 209 Å². The van der Waals surface area contributed by atoms with Crippen LogP contribution in [0.15, 0.2) is 0 Å². The molecule has 4 aliphatic carbocycles. The summed E-state index contributed by atoms with van der Waals surface area (Å²) < 4.78 is 16.1. The van der Waals surface area contributed by atoms with E-state index in [1.54, 1.807) is 0 Å². The smallest absolute Gasteiger partial charge is 0.305 e. The molecule has 4 saturated carbocycles. The minimum atomic E-state index is -0.715. The summed E-state index contributed by atoms with van der Waals surface area (Å²) >= 11 is 0. The number of aliphatic hydroxyl groups is 1. The second-order valence-electron chi connectivity index (χ2n) is 12.4. The third kappa shape index (κ3) is 4.51. The number of methoxy groups -OCH3 is 1. The van der Waals surface area contributed by atoms with E-state index in [4.69, 9.17) is 14.2 Å². The van der Waals surface area contributed by atoms with Crippen molar-refractivity contribution in [3.8, 4) is 0 Å². The summed E-state index contributed by atoms with van der Waals surface area (Å²) in [6, 6.07) is 0. The van der Waals surface area contributed by atoms with E-state index in [0.29, 0.717) is 43.0 Å². The molecule has 7 heteroatoms. The number of ether oxygens (including phenoxy) is 3. The van der Waals surface area contributed by atoms with Gasteiger partial charge in [0.25, 0.3) is 6.47 Å². The highest BCUT2D eigenvalue weighted by atomic mass is 16.5. The average Bonchev–Trinajstić information content (AvgIpc) is 3.17. The molecule has 0 aromatic carbocycles. The van der Waals surface area contributed by atoms with E-state index in [9.17, 15) is 19.5 Å². The molecule has 35 heavy (non-hydrogen) atoms. The van der Waals surface area contributed by atoms with Crippen LogP contribution >= 0.6 is 0 Å². The van der Waals surface area contributed by atoms with E-state index in [0.717, 1.165) is 44.9 Å². The van der Waals surface area contributed by atoms with Crippen molar-refractivity contribution >= 4 is 18.4 Å². The summed E-state index contributed by atoms with van der Waals surface area (Å²) in [5.41, 5.74) is 0.0334. The summed E-state index contributed by atoms with van der Waals surface area (Å²) in [4.78, 5) is 34.9. The molecule has 1 N–H and O–H groups in total. The monoisotopic (exact) mass is 492 g/mol. The van der Waals surface area contributed by atoms with Crippen LogP contribution in [0.3, 0.4) is 0 Å². The Hall–Kier alpha value is -1.63. The van der Waals surface area contributed by atoms with E-state index < -0.39 is 12.2 Å². The lowest BCUT2D eigenvalue weighted by molar-refractivity contribution is -0.231. The highest BCUT2D eigenvalue weighted by Crippen LogP contribution is 2.68. The highest BCUT2D eigenvalue weighted by Gasteiger charge is 2.66. The van der Waals surface area contributed by atoms with Crippen molar-refractivity contribution in [2.75, 3.05) is 7.11 Å². The summed E-state index contributed by atoms with van der Waals surface area (Å²) in [5.74, 6) is 1.25. The van der Waals surface area contributed by atoms with Gasteiger partial charge >= 0.3 is 11.9 Å². The van der Waals surface area contributed by atoms with Crippen molar-refractivity contribution < 1.29 is 33.7 Å². The zero-order chi connectivity index (χ0) is 25.5. The summed E-state index contributed by atoms with van der Waals surface area (Å²) in [6.45, 7) is 8.90. The first-order valence-corrected chi connectivity index (χ1v) is 13.6. The van der Waals surface area contributed by atoms with Crippen molar-refractivity contribution in [2.24, 2.45) is 46.3 Å². The number of esters is 2. The van der Waals surface area contributed by atoms with Gasteiger partial charge in [-0.2, -0.15) is 0 Å². The number of hydrogen-bond acceptors (Lipinski definition) is 7. The molecule has 0 unspecified atom stereocenters. The molecule has 4 aliphatic rings. The molecule has 0 amide bonds. The number of fused-ring (bicyclic) bond motifs is 5. The first-order valence-electron chi connectivity index (χ1n) is 13.6. The quantitative estimate of drug-likeness (QED) is 0.322. The van der Waals surface area contributed by atoms with Gasteiger partial charge in [-0.15, -0.1) is 0 Å². The van der Waals surface area contributed by atoms with Gasteiger partial charge in [0.2, 0.25) is 0 Å². The molecule has 0 spiro atoms. The SMILES string of the molecule is COC(=O)CC[C@@H](C)[C@H]1CC[C@H]2[C@@H]3[C@H](O)[C@@H](OC=O)[C@@H]4C[C@H](OC(C)=O)CC[C@]4(C)[C@H]3CC[C@]12C. The Morgan fingerprint density at radius 2 is 1.74 bits per heavy atom. The normalized spacial score (nSPS) is 45.3. The lowest BCUT2D eigenvalue weighted by Gasteiger charge is -2.64. The maximum absolute atomic E-state index is 11.8. The van der Waals surface area contributed by atoms with Crippen molar-refractivity contribution in [3.05, 3.63) is 0 Å². The number of carbonyl (C=O) groups is 3. The molecule has 4 rings (SSSR count). The molecule has 7 nitrogen and oxygen atoms in total. The summed E-state index contributed by atoms with van der Waals surface area (Å²) in [7, 11) is 1.44. The second kappa shape index (κ2) is 10.0. The van der Waals surface area contributed by atoms with E-state index >= 15 is 0 Å². The van der Waals surface area contributed by atoms with Crippen LogP contribution in [0.1, 0.15) is 85.5 Å². The van der Waals surface area contributed by atoms with Crippen molar-refractivity contribution in [1.29, 1.82) is 0 Å². The van der Waals surface area contributed by atoms with Crippen LogP contribution < -0.4 is 0 Å². The van der Waals surface area contributed by atoms with Crippen LogP contribution in [0.2, 0.25) is 0 Å². The van der Waals surface area contributed by atoms with E-state index in [1.807, 2.05) is 0 Å². The second-order valence-corrected chi connectivity index (χ2v) is 12.4. The lowest BCUT2D eigenvalue weighted by atomic mass is 9.43. The fourth-order valence-electron chi connectivity index (χ4n) is 9.40. The van der Waals surface area contributed by atoms with Gasteiger partial charge in [0.15, 0.2) is 0 Å². The summed E-state index contributed by atoms with van der Waals surface area (Å²) in [6.07, 6.45) is 6.48. The minimum Gasteiger partial charge on any atom is -0.469 e. The highest BCUT2D eigenvalue weighted by molar-refractivity contribution is 5.69. The molecule has 0 bridgehead atoms. The van der Waals surface area contributed by atoms with Crippen molar-refractivity contribution in [1.82, 2.24) is 0 Å². The maximum Gasteiger partial charge on any atom is 0.305 e. The number of hydrogen-bond donors (Lipinski definition) is 1. The maximum atomic E-state index is 11.8. The van der Waals surface area contributed by atoms with Crippen LogP contribution in [-0.4, -0.2) is 48.9 Å². The third-order valence-corrected chi connectivity index (χ3v) is 11.0. The molecule has 11 atom stereocenters. The van der Waals surface area contributed by atoms with Crippen LogP contribution in [-0.2, 0) is 28.6 Å². The Morgan fingerprint density at radius 1 is 1.06 bits per heavy atom. The van der Waals surface area contributed by atoms with Gasteiger partial charge in [-0.3, -0.25) is 14.4 Å². The zero-order valence-corrected chi connectivity index (χ0v) is 22.0. The topological polar surface area (TPSA) is 99.1 Å². The van der Waals surface area contributed by atoms with Gasteiger partial charge in [0, 0.05) is 19.3 Å². The van der Waals surface area contributed by atoms with Crippen LogP contribution in [0.4, 0.5) is 0 Å². The molecule has 198 valence electrons. The number of rotatable bonds is 7. The first-order chi connectivity index (χ1) is 16.6. The molecule has 0 aromatic rings. The van der Waals surface area contributed by atoms with Gasteiger partial charge in [-0.25, -0.2) is 0 Å². The molecular formula is C28H44O7. The predicted octanol–water partition coefficient (Wildman–Crippen LogP) is 4.29. The van der Waals surface area contributed by atoms with E-state index in [-0.39, 0.29) is 40.7 Å². The minimum absolute atomic E-state index is 0.0254. The van der Waals surface area contributed by atoms with Crippen LogP contribution in [0.5, 0.6) is 0 Å². The Bertz CT molecular complexity index is 813. The first kappa shape index (κ1) is 26.4. The molecular weight excluding hydrogens is 448 g/mol. The standard InChI is InChI=1S/C28H44O7/c1-16(6-9-23(31)33-5)19-7-8-20-24-21(11-13-27(19,20)3)28(4)12-10-18(35-17(2)30)14-22(28)26(25(24)32)34-15-29/h15-16,18-22,24-26,32H,6-14H2,1-5H3/t16-,18-,19-,20+,21+,22+,24+,25+,26+,27-,28-/m1/s1. The molecule has 0 saturated heterocycles. The van der Waals surface area contributed by atoms with Gasteiger partial charge in [0.1, 0.15) is 12.2 Å². The molecule has 0 heterocycles. The fourth-order valence-corrected chi connectivity index (χ4v) is 9.40. The van der Waals surface area contributed by atoms with Crippen LogP contribution in [0, 0.1) is 46.3 Å². The fraction of sp³-hybridized carbons (Fsp3) is 0.893. The van der Waals surface area contributed by atoms with Gasteiger partial charge in [0.05, 0.1) is 13.2 Å². The molecule has 0 aromatic heterocycles. The Morgan fingerprint density at radius 3 is 2.40 bits per heavy atom. The third-order valence-electron chi connectivity index (χ3n) is 11.0. The van der Waals surface area contributed by atoms with E-state index in [1.165, 1.54) is 14.0 Å². The van der Waals surface area contributed by atoms with Gasteiger partial charge < -0.3 is 19.3 Å². The van der Waals surface area contributed by atoms with Crippen molar-refractivity contribution in [2.45, 2.75) is 104 Å². The Kier molecular flexibility index (Phi) is 7.57. The van der Waals surface area contributed by atoms with Gasteiger partial charge in [-0.1, -0.05) is 20.8 Å². The molecule has 0 radical (unpaired) electrons. The number of aliphatic hydroxyl groups excluding tert-OH is 1. The lowest BCUT2D eigenvalue weighted by Crippen LogP contribution is -2.64. The van der Waals surface area contributed by atoms with E-state index in [2.05, 4.69) is 20.8 Å². The molecule has 0 aliphatic heterocycles. The molecule has 4 fully saturated rings. The largest absolute Gasteiger partial charge is 0.469 e. The van der Waals surface area contributed by atoms with Crippen LogP contribution in [0.25, 0.3) is 0 Å². The van der Waals surface area contributed by atoms with Gasteiger partial charge in [-0.05, 0) is 91.8 Å². The predicted molar refractivity (Wildman–Crippen MR) is 129 cm³/mol. The zero-order valence-electron chi connectivity index (χ0n) is 22.0. The average molecular weight is 493 g/mol.